The van der Waals surface area contributed by atoms with E-state index in [0.29, 0.717) is 12.5 Å². The summed E-state index contributed by atoms with van der Waals surface area (Å²) >= 11 is 0. The van der Waals surface area contributed by atoms with E-state index in [9.17, 15) is 8.78 Å². The molecule has 3 heteroatoms. The van der Waals surface area contributed by atoms with Crippen LogP contribution in [-0.2, 0) is 0 Å². The van der Waals surface area contributed by atoms with Gasteiger partial charge in [-0.3, -0.25) is 0 Å². The topological polar surface area (TPSA) is 12.0 Å². The van der Waals surface area contributed by atoms with Crippen molar-refractivity contribution >= 4 is 0 Å². The molecule has 0 aromatic heterocycles. The summed E-state index contributed by atoms with van der Waals surface area (Å²) in [6, 6.07) is 0.587. The molecule has 1 aliphatic carbocycles. The number of halogens is 2. The summed E-state index contributed by atoms with van der Waals surface area (Å²) in [5.74, 6) is -2.12. The Kier molecular flexibility index (Phi) is 7.13. The van der Waals surface area contributed by atoms with Gasteiger partial charge in [-0.2, -0.15) is 0 Å². The Labute approximate surface area is 111 Å². The summed E-state index contributed by atoms with van der Waals surface area (Å²) in [5, 5.41) is 3.49. The average molecular weight is 261 g/mol. The van der Waals surface area contributed by atoms with E-state index in [1.165, 1.54) is 12.8 Å². The minimum absolute atomic E-state index is 0.110. The second-order valence-corrected chi connectivity index (χ2v) is 5.79. The van der Waals surface area contributed by atoms with E-state index < -0.39 is 5.92 Å². The second kappa shape index (κ2) is 8.08. The Bertz CT molecular complexity index is 213. The number of rotatable bonds is 8. The first-order valence-corrected chi connectivity index (χ1v) is 7.68. The molecule has 1 aliphatic rings. The standard InChI is InChI=1S/C15H29F2N/c1-3-7-14(18-4-2)10-5-8-13-9-6-11-15(16,17)12-13/h13-14,18H,3-12H2,1-2H3. The Balaban J connectivity index is 2.19. The lowest BCUT2D eigenvalue weighted by atomic mass is 9.83. The summed E-state index contributed by atoms with van der Waals surface area (Å²) in [4.78, 5) is 0. The molecule has 0 heterocycles. The number of alkyl halides is 2. The molecule has 1 fully saturated rings. The van der Waals surface area contributed by atoms with Gasteiger partial charge in [0.1, 0.15) is 0 Å². The highest BCUT2D eigenvalue weighted by molar-refractivity contribution is 4.79. The van der Waals surface area contributed by atoms with Gasteiger partial charge in [0, 0.05) is 18.9 Å². The van der Waals surface area contributed by atoms with Crippen LogP contribution in [0.4, 0.5) is 8.78 Å². The van der Waals surface area contributed by atoms with Crippen molar-refractivity contribution in [3.8, 4) is 0 Å². The van der Waals surface area contributed by atoms with Gasteiger partial charge in [0.05, 0.1) is 0 Å². The highest BCUT2D eigenvalue weighted by atomic mass is 19.3. The van der Waals surface area contributed by atoms with Crippen LogP contribution in [-0.4, -0.2) is 18.5 Å². The summed E-state index contributed by atoms with van der Waals surface area (Å²) in [6.45, 7) is 5.34. The van der Waals surface area contributed by atoms with Gasteiger partial charge in [-0.05, 0) is 31.7 Å². The molecule has 0 aliphatic heterocycles. The number of hydrogen-bond acceptors (Lipinski definition) is 1. The summed E-state index contributed by atoms with van der Waals surface area (Å²) in [5.41, 5.74) is 0. The van der Waals surface area contributed by atoms with Gasteiger partial charge in [0.2, 0.25) is 5.92 Å². The van der Waals surface area contributed by atoms with Crippen LogP contribution < -0.4 is 5.32 Å². The zero-order valence-corrected chi connectivity index (χ0v) is 12.0. The van der Waals surface area contributed by atoms with Gasteiger partial charge in [0.25, 0.3) is 0 Å². The fourth-order valence-electron chi connectivity index (χ4n) is 3.16. The third-order valence-corrected chi connectivity index (χ3v) is 4.04. The van der Waals surface area contributed by atoms with E-state index in [0.717, 1.165) is 32.2 Å². The van der Waals surface area contributed by atoms with Crippen molar-refractivity contribution < 1.29 is 8.78 Å². The summed E-state index contributed by atoms with van der Waals surface area (Å²) < 4.78 is 26.5. The molecule has 108 valence electrons. The van der Waals surface area contributed by atoms with Gasteiger partial charge < -0.3 is 5.32 Å². The van der Waals surface area contributed by atoms with Gasteiger partial charge in [-0.25, -0.2) is 8.78 Å². The molecule has 1 N–H and O–H groups in total. The molecular weight excluding hydrogens is 232 g/mol. The first-order chi connectivity index (χ1) is 8.57. The van der Waals surface area contributed by atoms with Crippen LogP contribution >= 0.6 is 0 Å². The smallest absolute Gasteiger partial charge is 0.248 e. The van der Waals surface area contributed by atoms with Gasteiger partial charge in [0.15, 0.2) is 0 Å². The van der Waals surface area contributed by atoms with Crippen LogP contribution in [0.15, 0.2) is 0 Å². The summed E-state index contributed by atoms with van der Waals surface area (Å²) in [6.07, 6.45) is 7.59. The third kappa shape index (κ3) is 6.12. The van der Waals surface area contributed by atoms with Crippen molar-refractivity contribution in [1.82, 2.24) is 5.32 Å². The Hall–Kier alpha value is -0.180. The minimum atomic E-state index is -2.38. The maximum atomic E-state index is 13.3. The van der Waals surface area contributed by atoms with Gasteiger partial charge in [-0.1, -0.05) is 39.5 Å². The molecule has 0 bridgehead atoms. The van der Waals surface area contributed by atoms with Crippen LogP contribution in [0, 0.1) is 5.92 Å². The molecule has 2 atom stereocenters. The van der Waals surface area contributed by atoms with Crippen molar-refractivity contribution in [3.63, 3.8) is 0 Å². The Morgan fingerprint density at radius 2 is 2.06 bits per heavy atom. The van der Waals surface area contributed by atoms with Crippen molar-refractivity contribution in [2.24, 2.45) is 5.92 Å². The van der Waals surface area contributed by atoms with E-state index in [4.69, 9.17) is 0 Å². The highest BCUT2D eigenvalue weighted by Crippen LogP contribution is 2.38. The molecule has 1 saturated carbocycles. The van der Waals surface area contributed by atoms with Crippen molar-refractivity contribution in [1.29, 1.82) is 0 Å². The first-order valence-electron chi connectivity index (χ1n) is 7.68. The van der Waals surface area contributed by atoms with E-state index in [1.807, 2.05) is 0 Å². The molecule has 0 aromatic rings. The van der Waals surface area contributed by atoms with E-state index in [-0.39, 0.29) is 18.8 Å². The zero-order valence-electron chi connectivity index (χ0n) is 12.0. The van der Waals surface area contributed by atoms with E-state index >= 15 is 0 Å². The molecule has 0 saturated heterocycles. The Morgan fingerprint density at radius 1 is 1.28 bits per heavy atom. The quantitative estimate of drug-likeness (QED) is 0.664. The Morgan fingerprint density at radius 3 is 2.67 bits per heavy atom. The molecule has 1 nitrogen and oxygen atoms in total. The van der Waals surface area contributed by atoms with Crippen LogP contribution in [0.3, 0.4) is 0 Å². The van der Waals surface area contributed by atoms with E-state index in [1.54, 1.807) is 0 Å². The minimum Gasteiger partial charge on any atom is -0.314 e. The lowest BCUT2D eigenvalue weighted by Gasteiger charge is -2.29. The maximum Gasteiger partial charge on any atom is 0.248 e. The van der Waals surface area contributed by atoms with Crippen LogP contribution in [0.5, 0.6) is 0 Å². The van der Waals surface area contributed by atoms with Crippen LogP contribution in [0.1, 0.15) is 71.6 Å². The third-order valence-electron chi connectivity index (χ3n) is 4.04. The normalized spacial score (nSPS) is 25.0. The van der Waals surface area contributed by atoms with Crippen molar-refractivity contribution in [2.75, 3.05) is 6.54 Å². The lowest BCUT2D eigenvalue weighted by molar-refractivity contribution is -0.0538. The molecule has 1 rings (SSSR count). The fraction of sp³-hybridized carbons (Fsp3) is 1.00. The first kappa shape index (κ1) is 15.9. The SMILES string of the molecule is CCCC(CCCC1CCCC(F)(F)C1)NCC. The van der Waals surface area contributed by atoms with Crippen LogP contribution in [0.25, 0.3) is 0 Å². The largest absolute Gasteiger partial charge is 0.314 e. The predicted molar refractivity (Wildman–Crippen MR) is 73.1 cm³/mol. The maximum absolute atomic E-state index is 13.3. The summed E-state index contributed by atoms with van der Waals surface area (Å²) in [7, 11) is 0. The van der Waals surface area contributed by atoms with Gasteiger partial charge in [-0.15, -0.1) is 0 Å². The number of nitrogens with one attached hydrogen (secondary N) is 1. The second-order valence-electron chi connectivity index (χ2n) is 5.79. The molecule has 18 heavy (non-hydrogen) atoms. The van der Waals surface area contributed by atoms with Crippen LogP contribution in [0.2, 0.25) is 0 Å². The number of hydrogen-bond donors (Lipinski definition) is 1. The molecule has 0 spiro atoms. The van der Waals surface area contributed by atoms with Crippen molar-refractivity contribution in [2.45, 2.75) is 83.6 Å². The monoisotopic (exact) mass is 261 g/mol. The average Bonchev–Trinajstić information content (AvgIpc) is 2.28. The highest BCUT2D eigenvalue weighted by Gasteiger charge is 2.35. The molecule has 0 aromatic carbocycles. The van der Waals surface area contributed by atoms with Crippen molar-refractivity contribution in [3.05, 3.63) is 0 Å². The molecular formula is C15H29F2N. The zero-order chi connectivity index (χ0) is 13.4. The fourth-order valence-corrected chi connectivity index (χ4v) is 3.16. The molecule has 0 radical (unpaired) electrons. The molecule has 2 unspecified atom stereocenters. The van der Waals surface area contributed by atoms with Gasteiger partial charge >= 0.3 is 0 Å². The predicted octanol–water partition coefficient (Wildman–Crippen LogP) is 4.76. The molecule has 0 amide bonds. The van der Waals surface area contributed by atoms with E-state index in [2.05, 4.69) is 19.2 Å². The lowest BCUT2D eigenvalue weighted by Crippen LogP contribution is -2.29.